The number of hydrogen-bond donors (Lipinski definition) is 1. The summed E-state index contributed by atoms with van der Waals surface area (Å²) < 4.78 is 19.6. The molecule has 0 bridgehead atoms. The van der Waals surface area contributed by atoms with E-state index in [4.69, 9.17) is 4.42 Å². The Morgan fingerprint density at radius 2 is 2.15 bits per heavy atom. The zero-order valence-electron chi connectivity index (χ0n) is 12.0. The van der Waals surface area contributed by atoms with Gasteiger partial charge in [0.1, 0.15) is 5.76 Å². The van der Waals surface area contributed by atoms with Gasteiger partial charge in [-0.1, -0.05) is 31.9 Å². The second-order valence-electron chi connectivity index (χ2n) is 5.78. The van der Waals surface area contributed by atoms with Crippen molar-refractivity contribution >= 4 is 11.0 Å². The molecule has 1 aromatic heterocycles. The van der Waals surface area contributed by atoms with Crippen molar-refractivity contribution in [3.8, 4) is 0 Å². The van der Waals surface area contributed by atoms with Crippen LogP contribution in [0.1, 0.15) is 50.7 Å². The van der Waals surface area contributed by atoms with E-state index in [-0.39, 0.29) is 5.82 Å². The Labute approximate surface area is 119 Å². The lowest BCUT2D eigenvalue weighted by Crippen LogP contribution is -2.29. The number of para-hydroxylation sites is 1. The number of hydrogen-bond acceptors (Lipinski definition) is 2. The first kappa shape index (κ1) is 13.6. The molecular weight excluding hydrogens is 253 g/mol. The van der Waals surface area contributed by atoms with Gasteiger partial charge < -0.3 is 9.73 Å². The summed E-state index contributed by atoms with van der Waals surface area (Å²) in [6.07, 6.45) is 5.96. The topological polar surface area (TPSA) is 25.2 Å². The van der Waals surface area contributed by atoms with E-state index in [9.17, 15) is 4.39 Å². The normalized spacial score (nSPS) is 23.9. The van der Waals surface area contributed by atoms with Crippen molar-refractivity contribution in [2.45, 2.75) is 51.0 Å². The average molecular weight is 275 g/mol. The van der Waals surface area contributed by atoms with Crippen LogP contribution < -0.4 is 5.32 Å². The molecule has 1 heterocycles. The van der Waals surface area contributed by atoms with E-state index in [0.29, 0.717) is 17.5 Å². The minimum Gasteiger partial charge on any atom is -0.458 e. The highest BCUT2D eigenvalue weighted by atomic mass is 19.1. The maximum atomic E-state index is 13.7. The van der Waals surface area contributed by atoms with Crippen LogP contribution in [0.15, 0.2) is 28.7 Å². The van der Waals surface area contributed by atoms with Crippen LogP contribution in [-0.4, -0.2) is 12.6 Å². The molecule has 1 aliphatic carbocycles. The molecule has 2 nitrogen and oxygen atoms in total. The molecule has 3 rings (SSSR count). The lowest BCUT2D eigenvalue weighted by atomic mass is 9.95. The first-order chi connectivity index (χ1) is 9.78. The van der Waals surface area contributed by atoms with Crippen molar-refractivity contribution in [1.82, 2.24) is 5.32 Å². The predicted molar refractivity (Wildman–Crippen MR) is 79.5 cm³/mol. The fourth-order valence-corrected chi connectivity index (χ4v) is 3.34. The van der Waals surface area contributed by atoms with Gasteiger partial charge in [-0.2, -0.15) is 0 Å². The number of furan rings is 1. The summed E-state index contributed by atoms with van der Waals surface area (Å²) >= 11 is 0. The van der Waals surface area contributed by atoms with Crippen LogP contribution in [-0.2, 0) is 0 Å². The van der Waals surface area contributed by atoms with Gasteiger partial charge in [-0.15, -0.1) is 0 Å². The molecular formula is C17H22FNO. The van der Waals surface area contributed by atoms with Crippen molar-refractivity contribution < 1.29 is 8.81 Å². The van der Waals surface area contributed by atoms with E-state index < -0.39 is 0 Å². The standard InChI is InChI=1S/C17H22FNO/c1-2-19-14-8-4-3-6-12(10-14)16-11-13-7-5-9-15(18)17(13)20-16/h5,7,9,11-12,14,19H,2-4,6,8,10H2,1H3. The summed E-state index contributed by atoms with van der Waals surface area (Å²) in [4.78, 5) is 0. The Morgan fingerprint density at radius 3 is 2.95 bits per heavy atom. The number of nitrogens with one attached hydrogen (secondary N) is 1. The number of benzene rings is 1. The van der Waals surface area contributed by atoms with Gasteiger partial charge in [-0.3, -0.25) is 0 Å². The molecule has 0 radical (unpaired) electrons. The third kappa shape index (κ3) is 2.73. The third-order valence-corrected chi connectivity index (χ3v) is 4.33. The molecule has 3 heteroatoms. The number of halogens is 1. The SMILES string of the molecule is CCNC1CCCCC(c2cc3cccc(F)c3o2)C1. The maximum Gasteiger partial charge on any atom is 0.169 e. The summed E-state index contributed by atoms with van der Waals surface area (Å²) in [5.74, 6) is 1.11. The van der Waals surface area contributed by atoms with Gasteiger partial charge in [0.25, 0.3) is 0 Å². The summed E-state index contributed by atoms with van der Waals surface area (Å²) in [5.41, 5.74) is 0.409. The van der Waals surface area contributed by atoms with Gasteiger partial charge in [0.15, 0.2) is 11.4 Å². The third-order valence-electron chi connectivity index (χ3n) is 4.33. The van der Waals surface area contributed by atoms with E-state index in [1.807, 2.05) is 12.1 Å². The Kier molecular flexibility index (Phi) is 4.06. The van der Waals surface area contributed by atoms with Crippen molar-refractivity contribution in [3.63, 3.8) is 0 Å². The highest BCUT2D eigenvalue weighted by molar-refractivity contribution is 5.78. The monoisotopic (exact) mass is 275 g/mol. The lowest BCUT2D eigenvalue weighted by molar-refractivity contribution is 0.403. The van der Waals surface area contributed by atoms with E-state index in [0.717, 1.165) is 30.5 Å². The zero-order chi connectivity index (χ0) is 13.9. The molecule has 0 amide bonds. The fraction of sp³-hybridized carbons (Fsp3) is 0.529. The van der Waals surface area contributed by atoms with Crippen LogP contribution >= 0.6 is 0 Å². The van der Waals surface area contributed by atoms with Gasteiger partial charge in [-0.05, 0) is 37.9 Å². The Bertz CT molecular complexity index is 577. The highest BCUT2D eigenvalue weighted by Gasteiger charge is 2.24. The van der Waals surface area contributed by atoms with Crippen molar-refractivity contribution in [2.75, 3.05) is 6.54 Å². The van der Waals surface area contributed by atoms with Gasteiger partial charge in [0.2, 0.25) is 0 Å². The number of fused-ring (bicyclic) bond motifs is 1. The smallest absolute Gasteiger partial charge is 0.169 e. The lowest BCUT2D eigenvalue weighted by Gasteiger charge is -2.19. The largest absolute Gasteiger partial charge is 0.458 e. The molecule has 0 spiro atoms. The van der Waals surface area contributed by atoms with Crippen LogP contribution in [0, 0.1) is 5.82 Å². The highest BCUT2D eigenvalue weighted by Crippen LogP contribution is 2.35. The molecule has 1 aromatic carbocycles. The molecule has 0 saturated heterocycles. The summed E-state index contributed by atoms with van der Waals surface area (Å²) in [6.45, 7) is 3.16. The van der Waals surface area contributed by atoms with Crippen molar-refractivity contribution in [2.24, 2.45) is 0 Å². The van der Waals surface area contributed by atoms with E-state index in [1.54, 1.807) is 6.07 Å². The molecule has 1 aliphatic rings. The summed E-state index contributed by atoms with van der Waals surface area (Å²) in [6, 6.07) is 7.71. The molecule has 1 N–H and O–H groups in total. The number of rotatable bonds is 3. The van der Waals surface area contributed by atoms with Crippen molar-refractivity contribution in [3.05, 3.63) is 35.8 Å². The second-order valence-corrected chi connectivity index (χ2v) is 5.78. The minimum atomic E-state index is -0.259. The maximum absolute atomic E-state index is 13.7. The molecule has 1 saturated carbocycles. The molecule has 1 fully saturated rings. The molecule has 2 aromatic rings. The van der Waals surface area contributed by atoms with Crippen LogP contribution in [0.4, 0.5) is 4.39 Å². The van der Waals surface area contributed by atoms with E-state index in [1.165, 1.54) is 25.3 Å². The molecule has 108 valence electrons. The van der Waals surface area contributed by atoms with Gasteiger partial charge in [-0.25, -0.2) is 4.39 Å². The Hall–Kier alpha value is -1.35. The molecule has 2 atom stereocenters. The minimum absolute atomic E-state index is 0.259. The Morgan fingerprint density at radius 1 is 1.30 bits per heavy atom. The molecule has 0 aliphatic heterocycles. The van der Waals surface area contributed by atoms with E-state index >= 15 is 0 Å². The van der Waals surface area contributed by atoms with Crippen LogP contribution in [0.3, 0.4) is 0 Å². The van der Waals surface area contributed by atoms with E-state index in [2.05, 4.69) is 12.2 Å². The first-order valence-electron chi connectivity index (χ1n) is 7.69. The van der Waals surface area contributed by atoms with Crippen LogP contribution in [0.2, 0.25) is 0 Å². The van der Waals surface area contributed by atoms with Crippen LogP contribution in [0.5, 0.6) is 0 Å². The first-order valence-corrected chi connectivity index (χ1v) is 7.69. The van der Waals surface area contributed by atoms with Gasteiger partial charge in [0, 0.05) is 17.3 Å². The predicted octanol–water partition coefficient (Wildman–Crippen LogP) is 4.60. The fourth-order valence-electron chi connectivity index (χ4n) is 3.34. The van der Waals surface area contributed by atoms with Crippen LogP contribution in [0.25, 0.3) is 11.0 Å². The second kappa shape index (κ2) is 5.96. The summed E-state index contributed by atoms with van der Waals surface area (Å²) in [7, 11) is 0. The average Bonchev–Trinajstić information content (AvgIpc) is 2.74. The molecule has 20 heavy (non-hydrogen) atoms. The summed E-state index contributed by atoms with van der Waals surface area (Å²) in [5, 5.41) is 4.43. The zero-order valence-corrected chi connectivity index (χ0v) is 12.0. The molecule has 2 unspecified atom stereocenters. The Balaban J connectivity index is 1.86. The quantitative estimate of drug-likeness (QED) is 0.828. The van der Waals surface area contributed by atoms with Gasteiger partial charge >= 0.3 is 0 Å². The van der Waals surface area contributed by atoms with Gasteiger partial charge in [0.05, 0.1) is 0 Å². The van der Waals surface area contributed by atoms with Crippen molar-refractivity contribution in [1.29, 1.82) is 0 Å².